The Morgan fingerprint density at radius 2 is 1.69 bits per heavy atom. The van der Waals surface area contributed by atoms with Gasteiger partial charge in [0.25, 0.3) is 0 Å². The highest BCUT2D eigenvalue weighted by atomic mass is 16.6. The van der Waals surface area contributed by atoms with Crippen LogP contribution in [0.4, 0.5) is 0 Å². The molecule has 0 saturated heterocycles. The first-order chi connectivity index (χ1) is 16.6. The highest BCUT2D eigenvalue weighted by Gasteiger charge is 2.64. The zero-order chi connectivity index (χ0) is 25.3. The summed E-state index contributed by atoms with van der Waals surface area (Å²) < 4.78 is 12.0. The van der Waals surface area contributed by atoms with Crippen molar-refractivity contribution in [3.8, 4) is 0 Å². The van der Waals surface area contributed by atoms with Crippen LogP contribution >= 0.6 is 0 Å². The van der Waals surface area contributed by atoms with Crippen LogP contribution in [-0.2, 0) is 20.8 Å². The molecule has 4 nitrogen and oxygen atoms in total. The number of rotatable bonds is 9. The first kappa shape index (κ1) is 25.9. The standard InChI is InChI=1S/C31H43NO3/c1-29(2,3)35-28(33)20-26(24-15-11-8-12-16-24)32(21-23-13-9-7-10-14-23)22-31-18-17-25(30(31,4)5)19-27(31)34-6/h7-16,25-27H,17-22H2,1-6H3/t25-,26?,27-,31-/m1/s1. The molecule has 0 radical (unpaired) electrons. The van der Waals surface area contributed by atoms with E-state index in [0.717, 1.165) is 25.1 Å². The third-order valence-corrected chi connectivity index (χ3v) is 8.76. The summed E-state index contributed by atoms with van der Waals surface area (Å²) in [5.74, 6) is 0.534. The van der Waals surface area contributed by atoms with Crippen LogP contribution in [0.5, 0.6) is 0 Å². The molecule has 0 N–H and O–H groups in total. The lowest BCUT2D eigenvalue weighted by atomic mass is 9.67. The second-order valence-corrected chi connectivity index (χ2v) is 12.2. The van der Waals surface area contributed by atoms with Gasteiger partial charge in [0.15, 0.2) is 0 Å². The van der Waals surface area contributed by atoms with Gasteiger partial charge in [0.05, 0.1) is 12.5 Å². The maximum absolute atomic E-state index is 13.2. The Labute approximate surface area is 212 Å². The summed E-state index contributed by atoms with van der Waals surface area (Å²) in [7, 11) is 1.88. The van der Waals surface area contributed by atoms with Crippen molar-refractivity contribution in [3.05, 3.63) is 71.8 Å². The Morgan fingerprint density at radius 3 is 2.26 bits per heavy atom. The van der Waals surface area contributed by atoms with E-state index >= 15 is 0 Å². The molecule has 2 saturated carbocycles. The quantitative estimate of drug-likeness (QED) is 0.372. The van der Waals surface area contributed by atoms with Gasteiger partial charge in [-0.25, -0.2) is 0 Å². The average Bonchev–Trinajstić information content (AvgIpc) is 3.18. The van der Waals surface area contributed by atoms with E-state index in [1.807, 2.05) is 33.9 Å². The van der Waals surface area contributed by atoms with Crippen molar-refractivity contribution in [2.45, 2.75) is 84.6 Å². The van der Waals surface area contributed by atoms with E-state index in [-0.39, 0.29) is 28.9 Å². The Kier molecular flexibility index (Phi) is 7.45. The molecule has 2 aromatic carbocycles. The van der Waals surface area contributed by atoms with E-state index in [2.05, 4.69) is 73.3 Å². The topological polar surface area (TPSA) is 38.8 Å². The highest BCUT2D eigenvalue weighted by Crippen LogP contribution is 2.67. The van der Waals surface area contributed by atoms with Crippen LogP contribution in [-0.4, -0.2) is 36.2 Å². The number of nitrogens with zero attached hydrogens (tertiary/aromatic N) is 1. The molecule has 2 bridgehead atoms. The number of hydrogen-bond acceptors (Lipinski definition) is 4. The van der Waals surface area contributed by atoms with Gasteiger partial charge in [-0.05, 0) is 62.5 Å². The number of carbonyl (C=O) groups is 1. The van der Waals surface area contributed by atoms with Crippen LogP contribution in [0.3, 0.4) is 0 Å². The summed E-state index contributed by atoms with van der Waals surface area (Å²) in [6.07, 6.45) is 4.12. The molecule has 1 unspecified atom stereocenters. The monoisotopic (exact) mass is 477 g/mol. The zero-order valence-corrected chi connectivity index (χ0v) is 22.4. The van der Waals surface area contributed by atoms with Gasteiger partial charge in [-0.3, -0.25) is 9.69 Å². The van der Waals surface area contributed by atoms with E-state index in [4.69, 9.17) is 9.47 Å². The molecule has 2 aliphatic carbocycles. The predicted molar refractivity (Wildman–Crippen MR) is 141 cm³/mol. The van der Waals surface area contributed by atoms with Gasteiger partial charge in [0.1, 0.15) is 5.60 Å². The molecule has 0 aliphatic heterocycles. The van der Waals surface area contributed by atoms with Crippen molar-refractivity contribution >= 4 is 5.97 Å². The van der Waals surface area contributed by atoms with Crippen molar-refractivity contribution in [2.75, 3.05) is 13.7 Å². The molecule has 2 aromatic rings. The molecule has 35 heavy (non-hydrogen) atoms. The molecule has 4 rings (SSSR count). The molecule has 2 fully saturated rings. The van der Waals surface area contributed by atoms with Crippen molar-refractivity contribution < 1.29 is 14.3 Å². The van der Waals surface area contributed by atoms with E-state index in [1.165, 1.54) is 18.4 Å². The Hall–Kier alpha value is -2.17. The van der Waals surface area contributed by atoms with Crippen LogP contribution in [0.1, 0.15) is 77.5 Å². The lowest BCUT2D eigenvalue weighted by molar-refractivity contribution is -0.157. The Morgan fingerprint density at radius 1 is 1.06 bits per heavy atom. The molecule has 0 heterocycles. The van der Waals surface area contributed by atoms with Crippen molar-refractivity contribution in [1.82, 2.24) is 4.90 Å². The minimum Gasteiger partial charge on any atom is -0.460 e. The fourth-order valence-electron chi connectivity index (χ4n) is 6.83. The third kappa shape index (κ3) is 5.34. The smallest absolute Gasteiger partial charge is 0.308 e. The summed E-state index contributed by atoms with van der Waals surface area (Å²) in [6, 6.07) is 21.0. The highest BCUT2D eigenvalue weighted by molar-refractivity contribution is 5.71. The van der Waals surface area contributed by atoms with Gasteiger partial charge in [-0.15, -0.1) is 0 Å². The second-order valence-electron chi connectivity index (χ2n) is 12.2. The minimum absolute atomic E-state index is 0.0577. The van der Waals surface area contributed by atoms with E-state index in [9.17, 15) is 4.79 Å². The van der Waals surface area contributed by atoms with Crippen LogP contribution < -0.4 is 0 Å². The lowest BCUT2D eigenvalue weighted by Gasteiger charge is -2.47. The number of ether oxygens (including phenoxy) is 2. The van der Waals surface area contributed by atoms with Gasteiger partial charge in [-0.2, -0.15) is 0 Å². The maximum Gasteiger partial charge on any atom is 0.308 e. The fourth-order valence-corrected chi connectivity index (χ4v) is 6.83. The van der Waals surface area contributed by atoms with Crippen LogP contribution in [0, 0.1) is 16.7 Å². The Balaban J connectivity index is 1.73. The van der Waals surface area contributed by atoms with Gasteiger partial charge in [0, 0.05) is 31.7 Å². The molecule has 190 valence electrons. The van der Waals surface area contributed by atoms with Crippen LogP contribution in [0.25, 0.3) is 0 Å². The maximum atomic E-state index is 13.2. The number of methoxy groups -OCH3 is 1. The minimum atomic E-state index is -0.505. The first-order valence-electron chi connectivity index (χ1n) is 13.1. The first-order valence-corrected chi connectivity index (χ1v) is 13.1. The molecule has 0 amide bonds. The third-order valence-electron chi connectivity index (χ3n) is 8.76. The van der Waals surface area contributed by atoms with Gasteiger partial charge < -0.3 is 9.47 Å². The van der Waals surface area contributed by atoms with Crippen molar-refractivity contribution in [3.63, 3.8) is 0 Å². The molecule has 4 heteroatoms. The lowest BCUT2D eigenvalue weighted by Crippen LogP contribution is -2.49. The average molecular weight is 478 g/mol. The van der Waals surface area contributed by atoms with E-state index in [1.54, 1.807) is 0 Å². The number of fused-ring (bicyclic) bond motifs is 2. The van der Waals surface area contributed by atoms with Crippen LogP contribution in [0.2, 0.25) is 0 Å². The SMILES string of the molecule is CO[C@@H]1C[C@H]2CC[C@]1(CN(Cc1ccccc1)C(CC(=O)OC(C)(C)C)c1ccccc1)C2(C)C. The molecule has 4 atom stereocenters. The predicted octanol–water partition coefficient (Wildman–Crippen LogP) is 6.80. The van der Waals surface area contributed by atoms with E-state index in [0.29, 0.717) is 12.3 Å². The van der Waals surface area contributed by atoms with E-state index < -0.39 is 5.60 Å². The molecule has 0 spiro atoms. The summed E-state index contributed by atoms with van der Waals surface area (Å²) in [6.45, 7) is 12.4. The normalized spacial score (nSPS) is 26.1. The number of esters is 1. The second kappa shape index (κ2) is 10.1. The summed E-state index contributed by atoms with van der Waals surface area (Å²) in [5.41, 5.74) is 2.16. The molecule has 0 aromatic heterocycles. The fraction of sp³-hybridized carbons (Fsp3) is 0.581. The summed E-state index contributed by atoms with van der Waals surface area (Å²) in [5, 5.41) is 0. The van der Waals surface area contributed by atoms with Gasteiger partial charge >= 0.3 is 5.97 Å². The summed E-state index contributed by atoms with van der Waals surface area (Å²) >= 11 is 0. The van der Waals surface area contributed by atoms with Crippen molar-refractivity contribution in [2.24, 2.45) is 16.7 Å². The van der Waals surface area contributed by atoms with Crippen LogP contribution in [0.15, 0.2) is 60.7 Å². The number of benzene rings is 2. The zero-order valence-electron chi connectivity index (χ0n) is 22.4. The largest absolute Gasteiger partial charge is 0.460 e. The number of carbonyl (C=O) groups excluding carboxylic acids is 1. The van der Waals surface area contributed by atoms with Gasteiger partial charge in [-0.1, -0.05) is 74.5 Å². The molecular weight excluding hydrogens is 434 g/mol. The van der Waals surface area contributed by atoms with Gasteiger partial charge in [0.2, 0.25) is 0 Å². The number of hydrogen-bond donors (Lipinski definition) is 0. The van der Waals surface area contributed by atoms with Crippen molar-refractivity contribution in [1.29, 1.82) is 0 Å². The molecular formula is C31H43NO3. The summed E-state index contributed by atoms with van der Waals surface area (Å²) in [4.78, 5) is 15.7. The molecule has 2 aliphatic rings. The Bertz CT molecular complexity index is 981.